The van der Waals surface area contributed by atoms with Crippen LogP contribution < -0.4 is 0 Å². The second kappa shape index (κ2) is 5.35. The van der Waals surface area contributed by atoms with E-state index >= 15 is 0 Å². The maximum atomic E-state index is 12.9. The van der Waals surface area contributed by atoms with Crippen molar-refractivity contribution in [3.63, 3.8) is 0 Å². The van der Waals surface area contributed by atoms with E-state index in [2.05, 4.69) is 6.92 Å². The Morgan fingerprint density at radius 1 is 1.33 bits per heavy atom. The molecule has 110 valence electrons. The molecule has 1 aliphatic carbocycles. The number of halogens is 1. The predicted molar refractivity (Wildman–Crippen MR) is 77.6 cm³/mol. The molecule has 2 atom stereocenters. The fraction of sp³-hybridized carbons (Fsp3) is 0.353. The van der Waals surface area contributed by atoms with E-state index in [0.29, 0.717) is 24.1 Å². The number of hydrogen-bond acceptors (Lipinski definition) is 2. The van der Waals surface area contributed by atoms with Crippen LogP contribution in [-0.2, 0) is 6.42 Å². The molecule has 4 heteroatoms. The van der Waals surface area contributed by atoms with Crippen LogP contribution in [-0.4, -0.2) is 23.9 Å². The number of benzene rings is 1. The van der Waals surface area contributed by atoms with E-state index in [-0.39, 0.29) is 11.7 Å². The maximum absolute atomic E-state index is 12.9. The summed E-state index contributed by atoms with van der Waals surface area (Å²) in [5, 5.41) is 0. The van der Waals surface area contributed by atoms with E-state index < -0.39 is 0 Å². The average molecular weight is 287 g/mol. The van der Waals surface area contributed by atoms with Crippen LogP contribution in [0.4, 0.5) is 4.39 Å². The van der Waals surface area contributed by atoms with Gasteiger partial charge in [-0.25, -0.2) is 4.39 Å². The monoisotopic (exact) mass is 287 g/mol. The van der Waals surface area contributed by atoms with E-state index in [1.807, 2.05) is 7.05 Å². The third kappa shape index (κ3) is 2.84. The van der Waals surface area contributed by atoms with Gasteiger partial charge in [-0.2, -0.15) is 0 Å². The molecule has 0 N–H and O–H groups in total. The molecule has 2 aromatic rings. The Hall–Kier alpha value is -2.10. The number of carbonyl (C=O) groups is 1. The minimum Gasteiger partial charge on any atom is -0.459 e. The second-order valence-corrected chi connectivity index (χ2v) is 5.77. The number of nitrogens with zero attached hydrogens (tertiary/aromatic N) is 1. The Balaban J connectivity index is 1.77. The highest BCUT2D eigenvalue weighted by Gasteiger charge is 2.39. The lowest BCUT2D eigenvalue weighted by Crippen LogP contribution is -2.30. The van der Waals surface area contributed by atoms with Crippen molar-refractivity contribution in [2.45, 2.75) is 25.8 Å². The normalized spacial score (nSPS) is 20.3. The van der Waals surface area contributed by atoms with Gasteiger partial charge in [0.1, 0.15) is 5.82 Å². The first-order valence-electron chi connectivity index (χ1n) is 7.14. The first kappa shape index (κ1) is 13.9. The Morgan fingerprint density at radius 2 is 2.00 bits per heavy atom. The van der Waals surface area contributed by atoms with E-state index in [1.165, 1.54) is 18.4 Å². The van der Waals surface area contributed by atoms with Crippen LogP contribution in [0.5, 0.6) is 0 Å². The van der Waals surface area contributed by atoms with Crippen molar-refractivity contribution >= 4 is 5.91 Å². The van der Waals surface area contributed by atoms with E-state index in [1.54, 1.807) is 23.1 Å². The molecule has 1 aliphatic rings. The zero-order valence-corrected chi connectivity index (χ0v) is 12.2. The van der Waals surface area contributed by atoms with Crippen LogP contribution in [0.25, 0.3) is 0 Å². The molecule has 1 aromatic heterocycles. The predicted octanol–water partition coefficient (Wildman–Crippen LogP) is 3.49. The second-order valence-electron chi connectivity index (χ2n) is 5.77. The molecular formula is C17H18FNO2. The summed E-state index contributed by atoms with van der Waals surface area (Å²) in [6, 6.07) is 8.43. The summed E-state index contributed by atoms with van der Waals surface area (Å²) in [6.07, 6.45) is 3.15. The van der Waals surface area contributed by atoms with Crippen molar-refractivity contribution in [2.24, 2.45) is 5.92 Å². The van der Waals surface area contributed by atoms with E-state index in [4.69, 9.17) is 4.42 Å². The minimum atomic E-state index is -0.260. The van der Waals surface area contributed by atoms with Crippen molar-refractivity contribution in [1.82, 2.24) is 4.90 Å². The molecule has 0 saturated heterocycles. The van der Waals surface area contributed by atoms with Gasteiger partial charge in [-0.15, -0.1) is 0 Å². The van der Waals surface area contributed by atoms with Crippen LogP contribution in [0, 0.1) is 11.7 Å². The summed E-state index contributed by atoms with van der Waals surface area (Å²) in [7, 11) is 1.82. The summed E-state index contributed by atoms with van der Waals surface area (Å²) in [4.78, 5) is 14.2. The first-order chi connectivity index (χ1) is 10.1. The summed E-state index contributed by atoms with van der Waals surface area (Å²) < 4.78 is 18.3. The van der Waals surface area contributed by atoms with Gasteiger partial charge in [0, 0.05) is 25.1 Å². The zero-order valence-electron chi connectivity index (χ0n) is 12.2. The van der Waals surface area contributed by atoms with Crippen molar-refractivity contribution in [2.75, 3.05) is 7.05 Å². The minimum absolute atomic E-state index is 0.0774. The quantitative estimate of drug-likeness (QED) is 0.862. The number of furan rings is 1. The van der Waals surface area contributed by atoms with Gasteiger partial charge in [0.15, 0.2) is 5.76 Å². The summed E-state index contributed by atoms with van der Waals surface area (Å²) in [6.45, 7) is 2.13. The third-order valence-electron chi connectivity index (χ3n) is 4.13. The average Bonchev–Trinajstić information content (AvgIpc) is 3.03. The largest absolute Gasteiger partial charge is 0.459 e. The van der Waals surface area contributed by atoms with Gasteiger partial charge in [0.2, 0.25) is 0 Å². The lowest BCUT2D eigenvalue weighted by molar-refractivity contribution is 0.0746. The molecule has 1 saturated carbocycles. The number of hydrogen-bond donors (Lipinski definition) is 0. The van der Waals surface area contributed by atoms with Gasteiger partial charge >= 0.3 is 0 Å². The molecule has 0 aliphatic heterocycles. The fourth-order valence-electron chi connectivity index (χ4n) is 2.64. The smallest absolute Gasteiger partial charge is 0.289 e. The van der Waals surface area contributed by atoms with Gasteiger partial charge in [-0.1, -0.05) is 19.1 Å². The van der Waals surface area contributed by atoms with Crippen LogP contribution in [0.2, 0.25) is 0 Å². The van der Waals surface area contributed by atoms with Crippen LogP contribution in [0.3, 0.4) is 0 Å². The molecule has 1 aromatic carbocycles. The maximum Gasteiger partial charge on any atom is 0.289 e. The third-order valence-corrected chi connectivity index (χ3v) is 4.13. The van der Waals surface area contributed by atoms with Crippen molar-refractivity contribution in [3.05, 3.63) is 59.3 Å². The molecule has 3 rings (SSSR count). The first-order valence-corrected chi connectivity index (χ1v) is 7.14. The zero-order chi connectivity index (χ0) is 15.0. The SMILES string of the molecule is C[C@@H]1C[C@@H]1N(C)C(=O)c1occc1Cc1ccc(F)cc1. The molecule has 21 heavy (non-hydrogen) atoms. The molecule has 1 heterocycles. The Morgan fingerprint density at radius 3 is 2.62 bits per heavy atom. The fourth-order valence-corrected chi connectivity index (χ4v) is 2.64. The van der Waals surface area contributed by atoms with Gasteiger partial charge < -0.3 is 9.32 Å². The highest BCUT2D eigenvalue weighted by atomic mass is 19.1. The standard InChI is InChI=1S/C17H18FNO2/c1-11-9-15(11)19(2)17(20)16-13(7-8-21-16)10-12-3-5-14(18)6-4-12/h3-8,11,15H,9-10H2,1-2H3/t11-,15+/m1/s1. The van der Waals surface area contributed by atoms with Gasteiger partial charge in [0.05, 0.1) is 6.26 Å². The van der Waals surface area contributed by atoms with Crippen LogP contribution in [0.1, 0.15) is 35.0 Å². The van der Waals surface area contributed by atoms with Crippen molar-refractivity contribution < 1.29 is 13.6 Å². The van der Waals surface area contributed by atoms with Crippen molar-refractivity contribution in [1.29, 1.82) is 0 Å². The Bertz CT molecular complexity index is 647. The molecular weight excluding hydrogens is 269 g/mol. The Kier molecular flexibility index (Phi) is 3.53. The lowest BCUT2D eigenvalue weighted by Gasteiger charge is -2.16. The van der Waals surface area contributed by atoms with Crippen LogP contribution >= 0.6 is 0 Å². The Labute approximate surface area is 123 Å². The molecule has 0 unspecified atom stereocenters. The summed E-state index contributed by atoms with van der Waals surface area (Å²) in [5.41, 5.74) is 1.79. The van der Waals surface area contributed by atoms with Gasteiger partial charge in [-0.05, 0) is 36.1 Å². The highest BCUT2D eigenvalue weighted by Crippen LogP contribution is 2.35. The van der Waals surface area contributed by atoms with Gasteiger partial charge in [0.25, 0.3) is 5.91 Å². The summed E-state index contributed by atoms with van der Waals surface area (Å²) >= 11 is 0. The summed E-state index contributed by atoms with van der Waals surface area (Å²) in [5.74, 6) is 0.617. The molecule has 1 amide bonds. The molecule has 3 nitrogen and oxygen atoms in total. The number of carbonyl (C=O) groups excluding carboxylic acids is 1. The lowest BCUT2D eigenvalue weighted by atomic mass is 10.1. The number of amides is 1. The van der Waals surface area contributed by atoms with Crippen LogP contribution in [0.15, 0.2) is 41.0 Å². The number of rotatable bonds is 4. The topological polar surface area (TPSA) is 33.5 Å². The molecule has 0 radical (unpaired) electrons. The molecule has 0 bridgehead atoms. The van der Waals surface area contributed by atoms with Gasteiger partial charge in [-0.3, -0.25) is 4.79 Å². The van der Waals surface area contributed by atoms with Crippen molar-refractivity contribution in [3.8, 4) is 0 Å². The molecule has 0 spiro atoms. The van der Waals surface area contributed by atoms with E-state index in [0.717, 1.165) is 17.5 Å². The molecule has 1 fully saturated rings. The van der Waals surface area contributed by atoms with E-state index in [9.17, 15) is 9.18 Å². The highest BCUT2D eigenvalue weighted by molar-refractivity contribution is 5.93.